The summed E-state index contributed by atoms with van der Waals surface area (Å²) in [4.78, 5) is 16.4. The Hall–Kier alpha value is -2.02. The maximum atomic E-state index is 11.2. The first-order valence-electron chi connectivity index (χ1n) is 7.68. The number of benzene rings is 2. The quantitative estimate of drug-likeness (QED) is 0.646. The van der Waals surface area contributed by atoms with Crippen molar-refractivity contribution in [1.82, 2.24) is 9.55 Å². The summed E-state index contributed by atoms with van der Waals surface area (Å²) in [6, 6.07) is 14.2. The summed E-state index contributed by atoms with van der Waals surface area (Å²) in [6.45, 7) is 1.73. The van der Waals surface area contributed by atoms with Crippen molar-refractivity contribution in [2.45, 2.75) is 24.0 Å². The predicted molar refractivity (Wildman–Crippen MR) is 103 cm³/mol. The lowest BCUT2D eigenvalue weighted by molar-refractivity contribution is 0.0995. The molecule has 0 aliphatic heterocycles. The molecule has 1 heterocycles. The van der Waals surface area contributed by atoms with E-state index in [0.29, 0.717) is 5.75 Å². The molecule has 2 atom stereocenters. The van der Waals surface area contributed by atoms with E-state index in [0.717, 1.165) is 4.90 Å². The van der Waals surface area contributed by atoms with E-state index in [4.69, 9.17) is 5.73 Å². The van der Waals surface area contributed by atoms with Gasteiger partial charge in [0.25, 0.3) is 5.91 Å². The van der Waals surface area contributed by atoms with Crippen molar-refractivity contribution >= 4 is 40.8 Å². The number of aromatic nitrogens is 2. The molecule has 0 saturated heterocycles. The number of aliphatic hydroxyl groups excluding tert-OH is 1. The highest BCUT2D eigenvalue weighted by atomic mass is 35.5. The van der Waals surface area contributed by atoms with E-state index in [1.165, 1.54) is 10.8 Å². The summed E-state index contributed by atoms with van der Waals surface area (Å²) in [7, 11) is 0. The second-order valence-corrected chi connectivity index (χ2v) is 6.73. The second-order valence-electron chi connectivity index (χ2n) is 5.67. The van der Waals surface area contributed by atoms with Gasteiger partial charge < -0.3 is 15.4 Å². The van der Waals surface area contributed by atoms with E-state index < -0.39 is 12.0 Å². The highest BCUT2D eigenvalue weighted by Gasteiger charge is 2.19. The summed E-state index contributed by atoms with van der Waals surface area (Å²) >= 11 is 1.67. The fraction of sp³-hybridized carbons (Fsp3) is 0.222. The fourth-order valence-electron chi connectivity index (χ4n) is 2.62. The zero-order valence-corrected chi connectivity index (χ0v) is 15.3. The van der Waals surface area contributed by atoms with Gasteiger partial charge in [-0.15, -0.1) is 24.2 Å². The van der Waals surface area contributed by atoms with Gasteiger partial charge >= 0.3 is 0 Å². The van der Waals surface area contributed by atoms with Crippen LogP contribution in [0.3, 0.4) is 0 Å². The SMILES string of the molecule is C[C@H](O)[C@H](CSc1cccc2ccccc12)n1cnc(C(N)=O)c1.Cl. The Kier molecular flexibility index (Phi) is 6.47. The van der Waals surface area contributed by atoms with Crippen LogP contribution in [0, 0.1) is 0 Å². The first kappa shape index (κ1) is 19.3. The van der Waals surface area contributed by atoms with Crippen molar-refractivity contribution < 1.29 is 9.90 Å². The zero-order valence-electron chi connectivity index (χ0n) is 13.7. The van der Waals surface area contributed by atoms with Gasteiger partial charge in [-0.1, -0.05) is 36.4 Å². The molecule has 0 fully saturated rings. The second kappa shape index (κ2) is 8.38. The largest absolute Gasteiger partial charge is 0.391 e. The van der Waals surface area contributed by atoms with Crippen molar-refractivity contribution in [3.63, 3.8) is 0 Å². The van der Waals surface area contributed by atoms with E-state index in [1.807, 2.05) is 18.2 Å². The van der Waals surface area contributed by atoms with Crippen LogP contribution in [0.4, 0.5) is 0 Å². The third-order valence-electron chi connectivity index (χ3n) is 3.95. The Balaban J connectivity index is 0.00000225. The van der Waals surface area contributed by atoms with Gasteiger partial charge in [0.05, 0.1) is 18.5 Å². The lowest BCUT2D eigenvalue weighted by atomic mass is 10.1. The molecule has 0 spiro atoms. The van der Waals surface area contributed by atoms with Crippen LogP contribution < -0.4 is 5.73 Å². The number of primary amides is 1. The van der Waals surface area contributed by atoms with Crippen molar-refractivity contribution in [3.8, 4) is 0 Å². The Bertz CT molecular complexity index is 861. The van der Waals surface area contributed by atoms with Crippen LogP contribution >= 0.6 is 24.2 Å². The molecule has 1 aromatic heterocycles. The third kappa shape index (κ3) is 4.34. The third-order valence-corrected chi connectivity index (χ3v) is 5.13. The number of rotatable bonds is 6. The van der Waals surface area contributed by atoms with E-state index in [1.54, 1.807) is 35.8 Å². The van der Waals surface area contributed by atoms with E-state index in [2.05, 4.69) is 29.2 Å². The van der Waals surface area contributed by atoms with Gasteiger partial charge in [-0.25, -0.2) is 4.98 Å². The van der Waals surface area contributed by atoms with Crippen LogP contribution in [0.1, 0.15) is 23.5 Å². The Morgan fingerprint density at radius 2 is 2.00 bits per heavy atom. The number of carbonyl (C=O) groups is 1. The lowest BCUT2D eigenvalue weighted by Gasteiger charge is -2.21. The summed E-state index contributed by atoms with van der Waals surface area (Å²) in [6.07, 6.45) is 2.55. The molecule has 2 aromatic carbocycles. The van der Waals surface area contributed by atoms with Crippen LogP contribution in [0.25, 0.3) is 10.8 Å². The van der Waals surface area contributed by atoms with Crippen molar-refractivity contribution in [2.24, 2.45) is 5.73 Å². The zero-order chi connectivity index (χ0) is 17.1. The monoisotopic (exact) mass is 377 g/mol. The van der Waals surface area contributed by atoms with E-state index >= 15 is 0 Å². The Morgan fingerprint density at radius 1 is 1.28 bits per heavy atom. The van der Waals surface area contributed by atoms with Gasteiger partial charge in [0, 0.05) is 16.8 Å². The van der Waals surface area contributed by atoms with E-state index in [9.17, 15) is 9.90 Å². The number of aliphatic hydroxyl groups is 1. The molecule has 3 rings (SSSR count). The molecule has 0 bridgehead atoms. The topological polar surface area (TPSA) is 81.1 Å². The normalized spacial score (nSPS) is 13.2. The maximum Gasteiger partial charge on any atom is 0.268 e. The number of amides is 1. The molecule has 132 valence electrons. The highest BCUT2D eigenvalue weighted by Crippen LogP contribution is 2.31. The average Bonchev–Trinajstić information content (AvgIpc) is 3.05. The fourth-order valence-corrected chi connectivity index (χ4v) is 3.93. The number of hydrogen-bond donors (Lipinski definition) is 2. The minimum absolute atomic E-state index is 0. The molecule has 0 aliphatic carbocycles. The highest BCUT2D eigenvalue weighted by molar-refractivity contribution is 7.99. The van der Waals surface area contributed by atoms with Crippen LogP contribution in [-0.2, 0) is 0 Å². The Morgan fingerprint density at radius 3 is 2.68 bits per heavy atom. The number of thioether (sulfide) groups is 1. The summed E-state index contributed by atoms with van der Waals surface area (Å²) in [5, 5.41) is 12.5. The lowest BCUT2D eigenvalue weighted by Crippen LogP contribution is -2.23. The minimum Gasteiger partial charge on any atom is -0.391 e. The summed E-state index contributed by atoms with van der Waals surface area (Å²) in [5.74, 6) is 0.0834. The predicted octanol–water partition coefficient (Wildman–Crippen LogP) is 3.27. The van der Waals surface area contributed by atoms with Crippen LogP contribution in [-0.4, -0.2) is 32.4 Å². The Labute approximate surface area is 156 Å². The number of nitrogens with two attached hydrogens (primary N) is 1. The molecule has 7 heteroatoms. The standard InChI is InChI=1S/C18H19N3O2S.ClH/c1-12(22)16(21-9-15(18(19)23)20-11-21)10-24-17-8-4-6-13-5-2-3-7-14(13)17;/h2-9,11-12,16,22H,10H2,1H3,(H2,19,23);1H/t12-,16-;/m0./s1. The molecular weight excluding hydrogens is 358 g/mol. The molecular formula is C18H20ClN3O2S. The first-order valence-corrected chi connectivity index (χ1v) is 8.66. The molecule has 5 nitrogen and oxygen atoms in total. The number of imidazole rings is 1. The van der Waals surface area contributed by atoms with Crippen molar-refractivity contribution in [2.75, 3.05) is 5.75 Å². The summed E-state index contributed by atoms with van der Waals surface area (Å²) in [5.41, 5.74) is 5.45. The first-order chi connectivity index (χ1) is 11.6. The van der Waals surface area contributed by atoms with Crippen LogP contribution in [0.2, 0.25) is 0 Å². The van der Waals surface area contributed by atoms with Gasteiger partial charge in [-0.3, -0.25) is 4.79 Å². The van der Waals surface area contributed by atoms with Crippen LogP contribution in [0.5, 0.6) is 0 Å². The summed E-state index contributed by atoms with van der Waals surface area (Å²) < 4.78 is 1.75. The van der Waals surface area contributed by atoms with Crippen molar-refractivity contribution in [3.05, 3.63) is 60.7 Å². The average molecular weight is 378 g/mol. The molecule has 1 amide bonds. The number of hydrogen-bond acceptors (Lipinski definition) is 4. The van der Waals surface area contributed by atoms with Crippen molar-refractivity contribution in [1.29, 1.82) is 0 Å². The molecule has 3 N–H and O–H groups in total. The number of carbonyl (C=O) groups excluding carboxylic acids is 1. The molecule has 0 saturated carbocycles. The minimum atomic E-state index is -0.581. The van der Waals surface area contributed by atoms with Crippen LogP contribution in [0.15, 0.2) is 59.9 Å². The molecule has 0 aliphatic rings. The van der Waals surface area contributed by atoms with Gasteiger partial charge in [0.1, 0.15) is 5.69 Å². The molecule has 0 unspecified atom stereocenters. The molecule has 3 aromatic rings. The van der Waals surface area contributed by atoms with Gasteiger partial charge in [0.2, 0.25) is 0 Å². The molecule has 25 heavy (non-hydrogen) atoms. The number of halogens is 1. The number of fused-ring (bicyclic) bond motifs is 1. The van der Waals surface area contributed by atoms with Gasteiger partial charge in [0.15, 0.2) is 0 Å². The van der Waals surface area contributed by atoms with Gasteiger partial charge in [-0.05, 0) is 23.8 Å². The smallest absolute Gasteiger partial charge is 0.268 e. The van der Waals surface area contributed by atoms with Gasteiger partial charge in [-0.2, -0.15) is 0 Å². The molecule has 0 radical (unpaired) electrons. The number of nitrogens with zero attached hydrogens (tertiary/aromatic N) is 2. The van der Waals surface area contributed by atoms with E-state index in [-0.39, 0.29) is 24.1 Å². The maximum absolute atomic E-state index is 11.2.